The molecule has 7 heteroatoms. The normalized spacial score (nSPS) is 19.3. The molecule has 0 amide bonds. The van der Waals surface area contributed by atoms with Gasteiger partial charge in [0.2, 0.25) is 10.0 Å². The molecule has 0 aromatic heterocycles. The van der Waals surface area contributed by atoms with E-state index in [1.165, 1.54) is 10.6 Å². The Morgan fingerprint density at radius 3 is 2.24 bits per heavy atom. The van der Waals surface area contributed by atoms with Crippen LogP contribution in [0.3, 0.4) is 0 Å². The highest BCUT2D eigenvalue weighted by atomic mass is 32.2. The lowest BCUT2D eigenvalue weighted by atomic mass is 9.99. The molecule has 0 bridgehead atoms. The third-order valence-corrected chi connectivity index (χ3v) is 5.13. The molecule has 1 aliphatic heterocycles. The summed E-state index contributed by atoms with van der Waals surface area (Å²) < 4.78 is 24.4. The van der Waals surface area contributed by atoms with E-state index in [9.17, 15) is 18.3 Å². The zero-order valence-electron chi connectivity index (χ0n) is 12.2. The van der Waals surface area contributed by atoms with E-state index in [1.54, 1.807) is 0 Å². The monoisotopic (exact) mass is 312 g/mol. The Balaban J connectivity index is 2.19. The second-order valence-electron chi connectivity index (χ2n) is 5.30. The van der Waals surface area contributed by atoms with Crippen LogP contribution in [0.4, 0.5) is 0 Å². The Bertz CT molecular complexity index is 622. The number of sulfonamides is 1. The number of aliphatic carboxylic acids is 1. The summed E-state index contributed by atoms with van der Waals surface area (Å²) in [6, 6.07) is 6.67. The van der Waals surface area contributed by atoms with Gasteiger partial charge in [0.15, 0.2) is 0 Å². The van der Waals surface area contributed by atoms with Crippen molar-refractivity contribution in [1.29, 1.82) is 0 Å². The van der Waals surface area contributed by atoms with Gasteiger partial charge in [-0.05, 0) is 18.1 Å². The van der Waals surface area contributed by atoms with Crippen molar-refractivity contribution >= 4 is 16.0 Å². The summed E-state index contributed by atoms with van der Waals surface area (Å²) in [4.78, 5) is 13.5. The Hall–Kier alpha value is -1.44. The van der Waals surface area contributed by atoms with Gasteiger partial charge in [-0.15, -0.1) is 0 Å². The van der Waals surface area contributed by atoms with Crippen LogP contribution in [0.1, 0.15) is 17.2 Å². The molecule has 1 saturated heterocycles. The van der Waals surface area contributed by atoms with Gasteiger partial charge in [0.05, 0.1) is 6.26 Å². The van der Waals surface area contributed by atoms with Crippen molar-refractivity contribution in [2.75, 3.05) is 32.4 Å². The van der Waals surface area contributed by atoms with E-state index in [4.69, 9.17) is 0 Å². The number of aryl methyl sites for hydroxylation is 1. The third kappa shape index (κ3) is 3.61. The van der Waals surface area contributed by atoms with E-state index in [1.807, 2.05) is 36.1 Å². The molecule has 1 heterocycles. The lowest BCUT2D eigenvalue weighted by molar-refractivity contribution is -0.144. The van der Waals surface area contributed by atoms with E-state index in [0.29, 0.717) is 26.2 Å². The number of carboxylic acids is 1. The van der Waals surface area contributed by atoms with Crippen molar-refractivity contribution in [3.8, 4) is 0 Å². The zero-order valence-corrected chi connectivity index (χ0v) is 13.0. The van der Waals surface area contributed by atoms with E-state index in [0.717, 1.165) is 11.1 Å². The number of benzene rings is 1. The maximum atomic E-state index is 11.7. The number of hydrogen-bond donors (Lipinski definition) is 1. The first kappa shape index (κ1) is 15.9. The molecule has 0 saturated carbocycles. The van der Waals surface area contributed by atoms with Gasteiger partial charge < -0.3 is 5.11 Å². The van der Waals surface area contributed by atoms with Gasteiger partial charge in [-0.2, -0.15) is 4.31 Å². The Labute approximate surface area is 125 Å². The maximum Gasteiger partial charge on any atom is 0.325 e. The van der Waals surface area contributed by atoms with Crippen LogP contribution in [0.25, 0.3) is 0 Å². The van der Waals surface area contributed by atoms with Crippen molar-refractivity contribution in [1.82, 2.24) is 9.21 Å². The predicted molar refractivity (Wildman–Crippen MR) is 79.5 cm³/mol. The number of carboxylic acid groups (broad SMARTS) is 1. The topological polar surface area (TPSA) is 77.9 Å². The van der Waals surface area contributed by atoms with Crippen molar-refractivity contribution in [2.45, 2.75) is 13.0 Å². The molecule has 1 atom stereocenters. The van der Waals surface area contributed by atoms with Gasteiger partial charge in [0, 0.05) is 26.2 Å². The molecule has 0 radical (unpaired) electrons. The molecular weight excluding hydrogens is 292 g/mol. The molecule has 116 valence electrons. The highest BCUT2D eigenvalue weighted by Gasteiger charge is 2.33. The van der Waals surface area contributed by atoms with Gasteiger partial charge in [-0.3, -0.25) is 9.69 Å². The number of piperazine rings is 1. The molecule has 21 heavy (non-hydrogen) atoms. The van der Waals surface area contributed by atoms with Gasteiger partial charge in [0.25, 0.3) is 0 Å². The minimum absolute atomic E-state index is 0.328. The van der Waals surface area contributed by atoms with E-state index in [2.05, 4.69) is 0 Å². The molecule has 0 spiro atoms. The average Bonchev–Trinajstić information content (AvgIpc) is 2.40. The van der Waals surface area contributed by atoms with Crippen molar-refractivity contribution < 1.29 is 18.3 Å². The van der Waals surface area contributed by atoms with Gasteiger partial charge in [-0.25, -0.2) is 8.42 Å². The second kappa shape index (κ2) is 6.13. The Morgan fingerprint density at radius 2 is 1.76 bits per heavy atom. The summed E-state index contributed by atoms with van der Waals surface area (Å²) in [6.07, 6.45) is 1.18. The second-order valence-corrected chi connectivity index (χ2v) is 7.28. The van der Waals surface area contributed by atoms with Crippen LogP contribution < -0.4 is 0 Å². The highest BCUT2D eigenvalue weighted by molar-refractivity contribution is 7.88. The maximum absolute atomic E-state index is 11.7. The largest absolute Gasteiger partial charge is 0.480 e. The SMILES string of the molecule is Cc1ccccc1C(C(=O)O)N1CCN(S(C)(=O)=O)CC1. The first-order valence-corrected chi connectivity index (χ1v) is 8.63. The zero-order chi connectivity index (χ0) is 15.6. The van der Waals surface area contributed by atoms with Crippen molar-refractivity contribution in [2.24, 2.45) is 0 Å². The number of nitrogens with zero attached hydrogens (tertiary/aromatic N) is 2. The van der Waals surface area contributed by atoms with Crippen LogP contribution in [0.2, 0.25) is 0 Å². The lowest BCUT2D eigenvalue weighted by Gasteiger charge is -2.37. The molecule has 1 aliphatic rings. The fourth-order valence-electron chi connectivity index (χ4n) is 2.67. The van der Waals surface area contributed by atoms with Gasteiger partial charge in [-0.1, -0.05) is 24.3 Å². The predicted octanol–water partition coefficient (Wildman–Crippen LogP) is 0.698. The molecule has 1 N–H and O–H groups in total. The molecule has 6 nitrogen and oxygen atoms in total. The summed E-state index contributed by atoms with van der Waals surface area (Å²) in [5, 5.41) is 9.56. The Kier molecular flexibility index (Phi) is 4.65. The number of hydrogen-bond acceptors (Lipinski definition) is 4. The van der Waals surface area contributed by atoms with Crippen LogP contribution in [0.5, 0.6) is 0 Å². The molecular formula is C14H20N2O4S. The fourth-order valence-corrected chi connectivity index (χ4v) is 3.50. The molecule has 1 aromatic carbocycles. The highest BCUT2D eigenvalue weighted by Crippen LogP contribution is 2.25. The van der Waals surface area contributed by atoms with Crippen LogP contribution in [-0.2, 0) is 14.8 Å². The van der Waals surface area contributed by atoms with Crippen LogP contribution in [0.15, 0.2) is 24.3 Å². The lowest BCUT2D eigenvalue weighted by Crippen LogP contribution is -2.50. The number of rotatable bonds is 4. The first-order chi connectivity index (χ1) is 9.80. The molecule has 0 aliphatic carbocycles. The summed E-state index contributed by atoms with van der Waals surface area (Å²) in [5.41, 5.74) is 1.69. The first-order valence-electron chi connectivity index (χ1n) is 6.78. The minimum atomic E-state index is -3.21. The summed E-state index contributed by atoms with van der Waals surface area (Å²) in [7, 11) is -3.21. The quantitative estimate of drug-likeness (QED) is 0.885. The van der Waals surface area contributed by atoms with E-state index >= 15 is 0 Å². The van der Waals surface area contributed by atoms with Crippen molar-refractivity contribution in [3.05, 3.63) is 35.4 Å². The summed E-state index contributed by atoms with van der Waals surface area (Å²) in [5.74, 6) is -0.905. The Morgan fingerprint density at radius 1 is 1.19 bits per heavy atom. The standard InChI is InChI=1S/C14H20N2O4S/c1-11-5-3-4-6-12(11)13(14(17)18)15-7-9-16(10-8-15)21(2,19)20/h3-6,13H,7-10H2,1-2H3,(H,17,18). The van der Waals surface area contributed by atoms with Gasteiger partial charge in [0.1, 0.15) is 6.04 Å². The molecule has 1 fully saturated rings. The molecule has 1 unspecified atom stereocenters. The minimum Gasteiger partial charge on any atom is -0.480 e. The molecule has 1 aromatic rings. The van der Waals surface area contributed by atoms with E-state index < -0.39 is 22.0 Å². The van der Waals surface area contributed by atoms with E-state index in [-0.39, 0.29) is 0 Å². The van der Waals surface area contributed by atoms with Gasteiger partial charge >= 0.3 is 5.97 Å². The average molecular weight is 312 g/mol. The summed E-state index contributed by atoms with van der Waals surface area (Å²) >= 11 is 0. The fraction of sp³-hybridized carbons (Fsp3) is 0.500. The van der Waals surface area contributed by atoms with Crippen molar-refractivity contribution in [3.63, 3.8) is 0 Å². The van der Waals surface area contributed by atoms with Crippen LogP contribution >= 0.6 is 0 Å². The number of carbonyl (C=O) groups is 1. The van der Waals surface area contributed by atoms with Crippen LogP contribution in [0, 0.1) is 6.92 Å². The summed E-state index contributed by atoms with van der Waals surface area (Å²) in [6.45, 7) is 3.37. The third-order valence-electron chi connectivity index (χ3n) is 3.82. The smallest absolute Gasteiger partial charge is 0.325 e. The molecule has 2 rings (SSSR count). The van der Waals surface area contributed by atoms with Crippen LogP contribution in [-0.4, -0.2) is 61.1 Å².